The van der Waals surface area contributed by atoms with Crippen molar-refractivity contribution >= 4 is 49.6 Å². The van der Waals surface area contributed by atoms with Gasteiger partial charge in [0.05, 0.1) is 11.0 Å². The van der Waals surface area contributed by atoms with Gasteiger partial charge in [-0.1, -0.05) is 224 Å². The molecule has 0 aliphatic rings. The van der Waals surface area contributed by atoms with Gasteiger partial charge in [0.15, 0.2) is 11.6 Å². The third kappa shape index (κ3) is 8.05. The zero-order chi connectivity index (χ0) is 47.8. The van der Waals surface area contributed by atoms with E-state index in [4.69, 9.17) is 15.0 Å². The summed E-state index contributed by atoms with van der Waals surface area (Å²) >= 11 is 0. The first-order valence-electron chi connectivity index (χ1n) is 24.3. The van der Waals surface area contributed by atoms with Gasteiger partial charge in [-0.3, -0.25) is 4.57 Å². The lowest BCUT2D eigenvalue weighted by Gasteiger charge is -2.26. The summed E-state index contributed by atoms with van der Waals surface area (Å²) in [6.45, 7) is 0. The predicted molar refractivity (Wildman–Crippen MR) is 299 cm³/mol. The molecule has 0 spiro atoms. The van der Waals surface area contributed by atoms with E-state index in [-0.39, 0.29) is 0 Å². The highest BCUT2D eigenvalue weighted by Crippen LogP contribution is 2.42. The van der Waals surface area contributed by atoms with Crippen LogP contribution in [0.4, 0.5) is 17.1 Å². The summed E-state index contributed by atoms with van der Waals surface area (Å²) in [5.41, 5.74) is 16.1. The number of aromatic nitrogens is 4. The Hall–Kier alpha value is -9.71. The quantitative estimate of drug-likeness (QED) is 0.137. The average Bonchev–Trinajstić information content (AvgIpc) is 3.79. The molecule has 0 saturated heterocycles. The fourth-order valence-electron chi connectivity index (χ4n) is 9.98. The maximum Gasteiger partial charge on any atom is 0.238 e. The molecular formula is C67H45N5. The molecule has 13 rings (SSSR count). The smallest absolute Gasteiger partial charge is 0.238 e. The molecule has 0 radical (unpaired) electrons. The van der Waals surface area contributed by atoms with Gasteiger partial charge in [-0.15, -0.1) is 0 Å². The zero-order valence-electron chi connectivity index (χ0n) is 39.2. The first-order chi connectivity index (χ1) is 35.7. The minimum Gasteiger partial charge on any atom is -0.310 e. The Morgan fingerprint density at radius 3 is 1.14 bits per heavy atom. The van der Waals surface area contributed by atoms with Crippen LogP contribution in [0.5, 0.6) is 0 Å². The van der Waals surface area contributed by atoms with Crippen LogP contribution >= 0.6 is 0 Å². The summed E-state index contributed by atoms with van der Waals surface area (Å²) in [6.07, 6.45) is 0. The van der Waals surface area contributed by atoms with Crippen LogP contribution in [0.15, 0.2) is 273 Å². The lowest BCUT2D eigenvalue weighted by Crippen LogP contribution is -2.10. The first-order valence-corrected chi connectivity index (χ1v) is 24.3. The summed E-state index contributed by atoms with van der Waals surface area (Å²) in [7, 11) is 0. The molecule has 338 valence electrons. The third-order valence-corrected chi connectivity index (χ3v) is 13.7. The van der Waals surface area contributed by atoms with E-state index < -0.39 is 0 Å². The number of hydrogen-bond acceptors (Lipinski definition) is 4. The van der Waals surface area contributed by atoms with Crippen LogP contribution in [-0.2, 0) is 0 Å². The van der Waals surface area contributed by atoms with Crippen LogP contribution in [0.3, 0.4) is 0 Å². The van der Waals surface area contributed by atoms with Gasteiger partial charge in [0.1, 0.15) is 0 Å². The SMILES string of the molecule is c1ccc(-c2ccc(-c3ccc4c5ccc(N(c6ccc(-c7ccccc7)cc6)c6ccc(-c7ccc8ccccc8c7)cc6)cc5n(-c5nc(-c6ccccc6)nc(-c6ccccc6)n5)c4c3)cc2)cc1. The second-order valence-electron chi connectivity index (χ2n) is 18.1. The Balaban J connectivity index is 1.01. The highest BCUT2D eigenvalue weighted by atomic mass is 15.2. The number of anilines is 3. The van der Waals surface area contributed by atoms with Crippen LogP contribution < -0.4 is 4.90 Å². The number of rotatable bonds is 10. The van der Waals surface area contributed by atoms with E-state index in [0.29, 0.717) is 17.6 Å². The predicted octanol–water partition coefficient (Wildman–Crippen LogP) is 17.6. The topological polar surface area (TPSA) is 46.8 Å². The molecular weight excluding hydrogens is 875 g/mol. The summed E-state index contributed by atoms with van der Waals surface area (Å²) in [6, 6.07) is 96.8. The molecule has 2 aromatic heterocycles. The Morgan fingerprint density at radius 2 is 0.611 bits per heavy atom. The zero-order valence-corrected chi connectivity index (χ0v) is 39.2. The fourth-order valence-corrected chi connectivity index (χ4v) is 9.98. The number of benzene rings is 11. The molecule has 0 amide bonds. The fraction of sp³-hybridized carbons (Fsp3) is 0. The monoisotopic (exact) mass is 919 g/mol. The molecule has 0 aliphatic carbocycles. The summed E-state index contributed by atoms with van der Waals surface area (Å²) < 4.78 is 2.23. The normalized spacial score (nSPS) is 11.3. The molecule has 2 heterocycles. The number of hydrogen-bond donors (Lipinski definition) is 0. The van der Waals surface area contributed by atoms with Crippen molar-refractivity contribution in [2.75, 3.05) is 4.90 Å². The summed E-state index contributed by atoms with van der Waals surface area (Å²) in [5, 5.41) is 4.64. The largest absolute Gasteiger partial charge is 0.310 e. The Labute approximate surface area is 418 Å². The highest BCUT2D eigenvalue weighted by molar-refractivity contribution is 6.11. The minimum atomic E-state index is 0.537. The van der Waals surface area contributed by atoms with E-state index in [2.05, 4.69) is 246 Å². The second-order valence-corrected chi connectivity index (χ2v) is 18.1. The molecule has 5 nitrogen and oxygen atoms in total. The molecule has 0 N–H and O–H groups in total. The Morgan fingerprint density at radius 1 is 0.250 bits per heavy atom. The van der Waals surface area contributed by atoms with E-state index in [1.807, 2.05) is 36.4 Å². The van der Waals surface area contributed by atoms with Crippen molar-refractivity contribution in [2.24, 2.45) is 0 Å². The standard InChI is InChI=1S/C67H45N5/c1-5-15-46(16-6-1)49-25-27-51(28-26-49)57-35-41-61-62-42-40-60(45-64(62)72(63(61)44-57)67-69-65(53-20-9-3-10-21-53)68-66(70-67)54-22-11-4-12-23-54)71(58-36-31-50(32-37-58)47-17-7-2-8-18-47)59-38-33-52(34-39-59)56-30-29-48-19-13-14-24-55(48)43-56/h1-45H. The van der Waals surface area contributed by atoms with Gasteiger partial charge in [-0.05, 0) is 104 Å². The van der Waals surface area contributed by atoms with Crippen molar-refractivity contribution in [1.82, 2.24) is 19.5 Å². The average molecular weight is 920 g/mol. The van der Waals surface area contributed by atoms with Gasteiger partial charge < -0.3 is 4.90 Å². The second kappa shape index (κ2) is 18.3. The van der Waals surface area contributed by atoms with Gasteiger partial charge in [0, 0.05) is 39.0 Å². The van der Waals surface area contributed by atoms with Gasteiger partial charge in [-0.25, -0.2) is 4.98 Å². The van der Waals surface area contributed by atoms with Crippen LogP contribution in [0.25, 0.3) is 106 Å². The molecule has 5 heteroatoms. The van der Waals surface area contributed by atoms with Crippen molar-refractivity contribution in [3.8, 4) is 73.2 Å². The van der Waals surface area contributed by atoms with Crippen molar-refractivity contribution in [1.29, 1.82) is 0 Å². The van der Waals surface area contributed by atoms with Crippen molar-refractivity contribution in [3.05, 3.63) is 273 Å². The van der Waals surface area contributed by atoms with Crippen LogP contribution in [0.1, 0.15) is 0 Å². The molecule has 0 bridgehead atoms. The van der Waals surface area contributed by atoms with Gasteiger partial charge in [-0.2, -0.15) is 9.97 Å². The van der Waals surface area contributed by atoms with Crippen molar-refractivity contribution < 1.29 is 0 Å². The molecule has 11 aromatic carbocycles. The lowest BCUT2D eigenvalue weighted by molar-refractivity contribution is 0.953. The molecule has 0 aliphatic heterocycles. The van der Waals surface area contributed by atoms with Gasteiger partial charge >= 0.3 is 0 Å². The highest BCUT2D eigenvalue weighted by Gasteiger charge is 2.22. The van der Waals surface area contributed by atoms with E-state index >= 15 is 0 Å². The number of fused-ring (bicyclic) bond motifs is 4. The van der Waals surface area contributed by atoms with Gasteiger partial charge in [0.2, 0.25) is 5.95 Å². The molecule has 13 aromatic rings. The summed E-state index contributed by atoms with van der Waals surface area (Å²) in [4.78, 5) is 18.1. The maximum absolute atomic E-state index is 5.33. The van der Waals surface area contributed by atoms with E-state index in [1.54, 1.807) is 0 Å². The molecule has 0 saturated carbocycles. The van der Waals surface area contributed by atoms with Crippen molar-refractivity contribution in [3.63, 3.8) is 0 Å². The van der Waals surface area contributed by atoms with Crippen LogP contribution in [0, 0.1) is 0 Å². The molecule has 0 unspecified atom stereocenters. The summed E-state index contributed by atoms with van der Waals surface area (Å²) in [5.74, 6) is 1.74. The van der Waals surface area contributed by atoms with Crippen molar-refractivity contribution in [2.45, 2.75) is 0 Å². The van der Waals surface area contributed by atoms with E-state index in [1.165, 1.54) is 33.0 Å². The van der Waals surface area contributed by atoms with E-state index in [9.17, 15) is 0 Å². The third-order valence-electron chi connectivity index (χ3n) is 13.7. The van der Waals surface area contributed by atoms with E-state index in [0.717, 1.165) is 72.2 Å². The Bertz CT molecular complexity index is 3980. The number of nitrogens with zero attached hydrogens (tertiary/aromatic N) is 5. The van der Waals surface area contributed by atoms with Gasteiger partial charge in [0.25, 0.3) is 0 Å². The van der Waals surface area contributed by atoms with Crippen LogP contribution in [0.2, 0.25) is 0 Å². The van der Waals surface area contributed by atoms with Crippen LogP contribution in [-0.4, -0.2) is 19.5 Å². The molecule has 0 atom stereocenters. The lowest BCUT2D eigenvalue weighted by atomic mass is 9.99. The molecule has 72 heavy (non-hydrogen) atoms. The first kappa shape index (κ1) is 42.4. The maximum atomic E-state index is 5.33. The molecule has 0 fully saturated rings. The Kier molecular flexibility index (Phi) is 10.8. The minimum absolute atomic E-state index is 0.537.